The molecule has 0 bridgehead atoms. The summed E-state index contributed by atoms with van der Waals surface area (Å²) >= 11 is 0. The van der Waals surface area contributed by atoms with Crippen LogP contribution in [0, 0.1) is 0 Å². The van der Waals surface area contributed by atoms with Crippen LogP contribution in [-0.4, -0.2) is 35.8 Å². The average Bonchev–Trinajstić information content (AvgIpc) is 3.26. The van der Waals surface area contributed by atoms with E-state index in [0.29, 0.717) is 24.6 Å². The number of amides is 1. The topological polar surface area (TPSA) is 85.4 Å². The molecule has 4 rings (SSSR count). The first-order chi connectivity index (χ1) is 14.8. The summed E-state index contributed by atoms with van der Waals surface area (Å²) in [7, 11) is 0. The molecule has 1 atom stereocenters. The minimum absolute atomic E-state index is 0.0797. The zero-order chi connectivity index (χ0) is 20.6. The van der Waals surface area contributed by atoms with Gasteiger partial charge in [0.25, 0.3) is 0 Å². The van der Waals surface area contributed by atoms with E-state index in [1.165, 1.54) is 0 Å². The molecular formula is C23H24N4O3. The highest BCUT2D eigenvalue weighted by atomic mass is 16.7. The van der Waals surface area contributed by atoms with Crippen LogP contribution in [0.15, 0.2) is 67.3 Å². The van der Waals surface area contributed by atoms with E-state index in [4.69, 9.17) is 9.47 Å². The summed E-state index contributed by atoms with van der Waals surface area (Å²) in [4.78, 5) is 21.3. The predicted molar refractivity (Wildman–Crippen MR) is 112 cm³/mol. The van der Waals surface area contributed by atoms with Crippen molar-refractivity contribution in [1.82, 2.24) is 20.6 Å². The number of benzene rings is 1. The molecule has 0 fully saturated rings. The molecular weight excluding hydrogens is 380 g/mol. The van der Waals surface area contributed by atoms with Gasteiger partial charge in [0.05, 0.1) is 0 Å². The normalized spacial score (nSPS) is 13.1. The van der Waals surface area contributed by atoms with E-state index >= 15 is 0 Å². The Morgan fingerprint density at radius 3 is 2.33 bits per heavy atom. The largest absolute Gasteiger partial charge is 0.454 e. The maximum absolute atomic E-state index is 13.0. The fourth-order valence-corrected chi connectivity index (χ4v) is 3.34. The molecule has 1 unspecified atom stereocenters. The van der Waals surface area contributed by atoms with Gasteiger partial charge in [-0.2, -0.15) is 0 Å². The highest BCUT2D eigenvalue weighted by molar-refractivity contribution is 5.83. The molecule has 0 spiro atoms. The van der Waals surface area contributed by atoms with Crippen molar-refractivity contribution in [3.8, 4) is 11.5 Å². The van der Waals surface area contributed by atoms with E-state index < -0.39 is 6.04 Å². The summed E-state index contributed by atoms with van der Waals surface area (Å²) in [5.74, 6) is 1.28. The van der Waals surface area contributed by atoms with Gasteiger partial charge in [0.15, 0.2) is 11.5 Å². The number of nitrogens with zero attached hydrogens (tertiary/aromatic N) is 2. The lowest BCUT2D eigenvalue weighted by atomic mass is 10.0. The summed E-state index contributed by atoms with van der Waals surface area (Å²) in [6.07, 6.45) is 8.64. The first kappa shape index (κ1) is 19.8. The maximum atomic E-state index is 13.0. The number of nitrogens with one attached hydrogen (secondary N) is 2. The van der Waals surface area contributed by atoms with Crippen LogP contribution in [0.2, 0.25) is 0 Å². The van der Waals surface area contributed by atoms with Crippen molar-refractivity contribution < 1.29 is 14.3 Å². The Hall–Kier alpha value is -3.45. The van der Waals surface area contributed by atoms with Gasteiger partial charge in [0.1, 0.15) is 6.04 Å². The molecule has 154 valence electrons. The Balaban J connectivity index is 1.41. The summed E-state index contributed by atoms with van der Waals surface area (Å²) in [5, 5.41) is 6.41. The third kappa shape index (κ3) is 5.12. The maximum Gasteiger partial charge on any atom is 0.241 e. The van der Waals surface area contributed by atoms with Crippen LogP contribution in [0.1, 0.15) is 22.7 Å². The second-order valence-corrected chi connectivity index (χ2v) is 7.01. The SMILES string of the molecule is O=C(NCCc1cccnc1)C(NCCc1cccnc1)c1ccc2c(c1)OCO2. The molecule has 2 N–H and O–H groups in total. The summed E-state index contributed by atoms with van der Waals surface area (Å²) in [6, 6.07) is 12.9. The zero-order valence-electron chi connectivity index (χ0n) is 16.6. The molecule has 7 heteroatoms. The van der Waals surface area contributed by atoms with Crippen LogP contribution in [0.25, 0.3) is 0 Å². The second-order valence-electron chi connectivity index (χ2n) is 7.01. The highest BCUT2D eigenvalue weighted by Gasteiger charge is 2.23. The summed E-state index contributed by atoms with van der Waals surface area (Å²) < 4.78 is 10.9. The van der Waals surface area contributed by atoms with Crippen LogP contribution in [0.4, 0.5) is 0 Å². The van der Waals surface area contributed by atoms with Crippen molar-refractivity contribution in [2.75, 3.05) is 19.9 Å². The Morgan fingerprint density at radius 1 is 0.933 bits per heavy atom. The first-order valence-electron chi connectivity index (χ1n) is 9.98. The molecule has 1 aromatic carbocycles. The number of ether oxygens (including phenoxy) is 2. The number of fused-ring (bicyclic) bond motifs is 1. The van der Waals surface area contributed by atoms with Crippen molar-refractivity contribution in [2.24, 2.45) is 0 Å². The minimum Gasteiger partial charge on any atom is -0.454 e. The standard InChI is InChI=1S/C23H24N4O3/c28-23(27-12-8-18-4-2-10-25-15-18)22(26-11-7-17-3-1-9-24-14-17)19-5-6-20-21(13-19)30-16-29-20/h1-6,9-10,13-15,22,26H,7-8,11-12,16H2,(H,27,28). The third-order valence-electron chi connectivity index (χ3n) is 4.91. The zero-order valence-corrected chi connectivity index (χ0v) is 16.6. The van der Waals surface area contributed by atoms with Crippen molar-refractivity contribution >= 4 is 5.91 Å². The van der Waals surface area contributed by atoms with Crippen LogP contribution >= 0.6 is 0 Å². The van der Waals surface area contributed by atoms with Gasteiger partial charge in [-0.15, -0.1) is 0 Å². The quantitative estimate of drug-likeness (QED) is 0.570. The molecule has 3 heterocycles. The molecule has 1 aliphatic heterocycles. The fourth-order valence-electron chi connectivity index (χ4n) is 3.34. The number of rotatable bonds is 9. The Labute approximate surface area is 175 Å². The molecule has 1 aliphatic rings. The van der Waals surface area contributed by atoms with Crippen molar-refractivity contribution in [3.63, 3.8) is 0 Å². The number of hydrogen-bond donors (Lipinski definition) is 2. The van der Waals surface area contributed by atoms with Gasteiger partial charge in [0, 0.05) is 37.9 Å². The minimum atomic E-state index is -0.495. The van der Waals surface area contributed by atoms with Crippen LogP contribution in [0.5, 0.6) is 11.5 Å². The number of hydrogen-bond acceptors (Lipinski definition) is 6. The van der Waals surface area contributed by atoms with Gasteiger partial charge >= 0.3 is 0 Å². The molecule has 7 nitrogen and oxygen atoms in total. The van der Waals surface area contributed by atoms with Crippen molar-refractivity contribution in [3.05, 3.63) is 83.9 Å². The Morgan fingerprint density at radius 2 is 1.63 bits per heavy atom. The lowest BCUT2D eigenvalue weighted by Crippen LogP contribution is -2.39. The van der Waals surface area contributed by atoms with Gasteiger partial charge in [0.2, 0.25) is 12.7 Å². The first-order valence-corrected chi connectivity index (χ1v) is 9.98. The molecule has 0 saturated heterocycles. The van der Waals surface area contributed by atoms with Crippen molar-refractivity contribution in [1.29, 1.82) is 0 Å². The number of pyridine rings is 2. The predicted octanol–water partition coefficient (Wildman–Crippen LogP) is 2.44. The van der Waals surface area contributed by atoms with Gasteiger partial charge < -0.3 is 20.1 Å². The van der Waals surface area contributed by atoms with Crippen LogP contribution in [-0.2, 0) is 17.6 Å². The third-order valence-corrected chi connectivity index (χ3v) is 4.91. The number of carbonyl (C=O) groups is 1. The van der Waals surface area contributed by atoms with E-state index in [-0.39, 0.29) is 12.7 Å². The number of carbonyl (C=O) groups excluding carboxylic acids is 1. The second kappa shape index (κ2) is 9.84. The van der Waals surface area contributed by atoms with E-state index in [1.54, 1.807) is 12.4 Å². The van der Waals surface area contributed by atoms with Crippen LogP contribution < -0.4 is 20.1 Å². The Kier molecular flexibility index (Phi) is 6.51. The lowest BCUT2D eigenvalue weighted by molar-refractivity contribution is -0.123. The molecule has 30 heavy (non-hydrogen) atoms. The molecule has 0 saturated carbocycles. The smallest absolute Gasteiger partial charge is 0.241 e. The van der Waals surface area contributed by atoms with E-state index in [9.17, 15) is 4.79 Å². The van der Waals surface area contributed by atoms with Gasteiger partial charge in [-0.05, 0) is 53.8 Å². The monoisotopic (exact) mass is 404 g/mol. The molecule has 0 radical (unpaired) electrons. The lowest BCUT2D eigenvalue weighted by Gasteiger charge is -2.19. The van der Waals surface area contributed by atoms with Gasteiger partial charge in [-0.1, -0.05) is 18.2 Å². The molecule has 0 aliphatic carbocycles. The van der Waals surface area contributed by atoms with Crippen LogP contribution in [0.3, 0.4) is 0 Å². The number of aromatic nitrogens is 2. The molecule has 2 aromatic heterocycles. The average molecular weight is 404 g/mol. The summed E-state index contributed by atoms with van der Waals surface area (Å²) in [5.41, 5.74) is 3.04. The Bertz CT molecular complexity index is 967. The van der Waals surface area contributed by atoms with Gasteiger partial charge in [-0.3, -0.25) is 14.8 Å². The van der Waals surface area contributed by atoms with E-state index in [0.717, 1.165) is 29.5 Å². The fraction of sp³-hybridized carbons (Fsp3) is 0.261. The summed E-state index contributed by atoms with van der Waals surface area (Å²) in [6.45, 7) is 1.38. The van der Waals surface area contributed by atoms with Gasteiger partial charge in [-0.25, -0.2) is 0 Å². The van der Waals surface area contributed by atoms with E-state index in [1.807, 2.05) is 54.9 Å². The highest BCUT2D eigenvalue weighted by Crippen LogP contribution is 2.34. The van der Waals surface area contributed by atoms with E-state index in [2.05, 4.69) is 20.6 Å². The molecule has 3 aromatic rings. The molecule has 1 amide bonds. The van der Waals surface area contributed by atoms with Crippen molar-refractivity contribution in [2.45, 2.75) is 18.9 Å².